The second kappa shape index (κ2) is 8.05. The van der Waals surface area contributed by atoms with E-state index in [2.05, 4.69) is 0 Å². The number of rotatable bonds is 7. The fourth-order valence-electron chi connectivity index (χ4n) is 2.08. The van der Waals surface area contributed by atoms with Crippen molar-refractivity contribution in [3.05, 3.63) is 65.2 Å². The lowest BCUT2D eigenvalue weighted by Crippen LogP contribution is -2.46. The number of hydrogen-bond acceptors (Lipinski definition) is 5. The minimum absolute atomic E-state index is 0.297. The molecule has 0 bridgehead atoms. The Labute approximate surface area is 151 Å². The predicted molar refractivity (Wildman–Crippen MR) is 96.0 cm³/mol. The maximum atomic E-state index is 12.2. The Bertz CT molecular complexity index is 919. The summed E-state index contributed by atoms with van der Waals surface area (Å²) in [6.45, 7) is 1.99. The Morgan fingerprint density at radius 2 is 1.54 bits per heavy atom. The van der Waals surface area contributed by atoms with Gasteiger partial charge in [-0.1, -0.05) is 58.6 Å². The van der Waals surface area contributed by atoms with E-state index in [0.717, 1.165) is 23.0 Å². The second-order valence-electron chi connectivity index (χ2n) is 5.51. The zero-order valence-corrected chi connectivity index (χ0v) is 14.7. The molecule has 2 aromatic carbocycles. The van der Waals surface area contributed by atoms with Crippen molar-refractivity contribution in [3.8, 4) is 0 Å². The quantitative estimate of drug-likeness (QED) is 0.433. The highest BCUT2D eigenvalue weighted by Gasteiger charge is 2.34. The first kappa shape index (κ1) is 19.5. The molecule has 0 heterocycles. The Hall–Kier alpha value is -2.81. The van der Waals surface area contributed by atoms with Gasteiger partial charge in [-0.15, -0.1) is 0 Å². The third-order valence-electron chi connectivity index (χ3n) is 3.57. The van der Waals surface area contributed by atoms with E-state index in [1.165, 1.54) is 24.3 Å². The summed E-state index contributed by atoms with van der Waals surface area (Å²) in [6.07, 6.45) is 4.75. The zero-order chi connectivity index (χ0) is 19.3. The van der Waals surface area contributed by atoms with Crippen LogP contribution in [0.15, 0.2) is 53.4 Å². The lowest BCUT2D eigenvalue weighted by atomic mass is 10.1. The van der Waals surface area contributed by atoms with Gasteiger partial charge in [0.2, 0.25) is 12.2 Å². The summed E-state index contributed by atoms with van der Waals surface area (Å²) < 4.78 is 24.1. The molecule has 0 saturated carbocycles. The molecule has 26 heavy (non-hydrogen) atoms. The minimum Gasteiger partial charge on any atom is -0.368 e. The fraction of sp³-hybridized carbons (Fsp3) is 0.111. The van der Waals surface area contributed by atoms with Gasteiger partial charge in [0, 0.05) is 0 Å². The fourth-order valence-corrected chi connectivity index (χ4v) is 3.20. The van der Waals surface area contributed by atoms with Gasteiger partial charge in [-0.3, -0.25) is 14.8 Å². The molecule has 0 unspecified atom stereocenters. The summed E-state index contributed by atoms with van der Waals surface area (Å²) in [6, 6.07) is 11.3. The number of aryl methyl sites for hydroxylation is 1. The molecule has 0 aromatic heterocycles. The van der Waals surface area contributed by atoms with Gasteiger partial charge in [-0.05, 0) is 30.2 Å². The van der Waals surface area contributed by atoms with Gasteiger partial charge in [0.05, 0.1) is 4.90 Å². The van der Waals surface area contributed by atoms with Gasteiger partial charge < -0.3 is 5.73 Å². The number of carbonyl (C=O) groups excluding carboxylic acids is 2. The standard InChI is InChI=1S/C18H17N2O5S/c1-13-2-4-14(5-3-13)6-7-15-8-10-16(11-9-15)26(24,25)20(23)17(12-21)18(19)22/h2-11,17,23H,1H3,(H2,19,22)/t17-/m0/s1. The van der Waals surface area contributed by atoms with E-state index < -0.39 is 22.0 Å². The van der Waals surface area contributed by atoms with Crippen molar-refractivity contribution in [3.63, 3.8) is 0 Å². The maximum Gasteiger partial charge on any atom is 0.266 e. The van der Waals surface area contributed by atoms with Crippen LogP contribution < -0.4 is 5.73 Å². The molecule has 135 valence electrons. The average Bonchev–Trinajstić information content (AvgIpc) is 2.62. The smallest absolute Gasteiger partial charge is 0.266 e. The maximum absolute atomic E-state index is 12.2. The number of hydrogen-bond donors (Lipinski definition) is 2. The largest absolute Gasteiger partial charge is 0.368 e. The molecule has 0 aliphatic carbocycles. The molecule has 0 saturated heterocycles. The summed E-state index contributed by atoms with van der Waals surface area (Å²) in [5, 5.41) is 9.67. The number of hydroxylamine groups is 1. The summed E-state index contributed by atoms with van der Waals surface area (Å²) >= 11 is 0. The van der Waals surface area contributed by atoms with E-state index >= 15 is 0 Å². The molecule has 0 spiro atoms. The van der Waals surface area contributed by atoms with E-state index in [4.69, 9.17) is 5.73 Å². The molecule has 7 nitrogen and oxygen atoms in total. The lowest BCUT2D eigenvalue weighted by Gasteiger charge is -2.18. The number of nitrogens with zero attached hydrogens (tertiary/aromatic N) is 1. The van der Waals surface area contributed by atoms with Crippen LogP contribution >= 0.6 is 0 Å². The van der Waals surface area contributed by atoms with Crippen LogP contribution in [-0.4, -0.2) is 36.3 Å². The van der Waals surface area contributed by atoms with E-state index in [0.29, 0.717) is 0 Å². The van der Waals surface area contributed by atoms with Gasteiger partial charge in [0.15, 0.2) is 6.04 Å². The van der Waals surface area contributed by atoms with Crippen molar-refractivity contribution >= 4 is 34.4 Å². The van der Waals surface area contributed by atoms with Crippen LogP contribution in [0.2, 0.25) is 0 Å². The first-order valence-electron chi connectivity index (χ1n) is 7.51. The van der Waals surface area contributed by atoms with E-state index in [-0.39, 0.29) is 9.36 Å². The Morgan fingerprint density at radius 1 is 1.08 bits per heavy atom. The molecule has 2 rings (SSSR count). The zero-order valence-electron chi connectivity index (χ0n) is 13.9. The van der Waals surface area contributed by atoms with Gasteiger partial charge in [-0.2, -0.15) is 0 Å². The molecule has 1 amide bonds. The topological polar surface area (TPSA) is 118 Å². The van der Waals surface area contributed by atoms with E-state index in [1.807, 2.05) is 37.3 Å². The first-order valence-corrected chi connectivity index (χ1v) is 8.95. The first-order chi connectivity index (χ1) is 12.3. The third-order valence-corrected chi connectivity index (χ3v) is 5.14. The lowest BCUT2D eigenvalue weighted by molar-refractivity contribution is -0.126. The minimum atomic E-state index is -4.48. The highest BCUT2D eigenvalue weighted by Crippen LogP contribution is 2.18. The molecule has 2 aromatic rings. The Morgan fingerprint density at radius 3 is 1.96 bits per heavy atom. The molecule has 1 atom stereocenters. The molecule has 3 N–H and O–H groups in total. The SMILES string of the molecule is Cc1ccc(C=Cc2ccc(S(=O)(=O)N(O)[C@@H]([C]=O)C(N)=O)cc2)cc1. The molecule has 8 heteroatoms. The highest BCUT2D eigenvalue weighted by atomic mass is 32.2. The van der Waals surface area contributed by atoms with Crippen LogP contribution in [-0.2, 0) is 19.6 Å². The molecule has 1 radical (unpaired) electrons. The third kappa shape index (κ3) is 4.42. The number of carbonyl (C=O) groups is 1. The predicted octanol–water partition coefficient (Wildman–Crippen LogP) is 1.51. The summed E-state index contributed by atoms with van der Waals surface area (Å²) in [5.41, 5.74) is 7.73. The highest BCUT2D eigenvalue weighted by molar-refractivity contribution is 7.89. The van der Waals surface area contributed by atoms with E-state index in [1.54, 1.807) is 6.08 Å². The van der Waals surface area contributed by atoms with E-state index in [9.17, 15) is 23.2 Å². The van der Waals surface area contributed by atoms with Crippen molar-refractivity contribution in [2.24, 2.45) is 5.73 Å². The monoisotopic (exact) mass is 373 g/mol. The van der Waals surface area contributed by atoms with Crippen LogP contribution in [0.3, 0.4) is 0 Å². The van der Waals surface area contributed by atoms with Gasteiger partial charge in [0.1, 0.15) is 0 Å². The van der Waals surface area contributed by atoms with Crippen LogP contribution in [0.25, 0.3) is 12.2 Å². The van der Waals surface area contributed by atoms with Crippen LogP contribution in [0, 0.1) is 6.92 Å². The van der Waals surface area contributed by atoms with Gasteiger partial charge >= 0.3 is 0 Å². The Kier molecular flexibility index (Phi) is 6.04. The van der Waals surface area contributed by atoms with Crippen molar-refractivity contribution in [1.29, 1.82) is 0 Å². The van der Waals surface area contributed by atoms with Gasteiger partial charge in [0.25, 0.3) is 10.0 Å². The average molecular weight is 373 g/mol. The molecular formula is C18H17N2O5S. The summed E-state index contributed by atoms with van der Waals surface area (Å²) in [4.78, 5) is 21.4. The van der Waals surface area contributed by atoms with Crippen molar-refractivity contribution < 1.29 is 23.2 Å². The normalized spacial score (nSPS) is 13.0. The molecular weight excluding hydrogens is 356 g/mol. The number of sulfonamides is 1. The van der Waals surface area contributed by atoms with Crippen molar-refractivity contribution in [1.82, 2.24) is 4.47 Å². The second-order valence-corrected chi connectivity index (χ2v) is 7.31. The number of nitrogens with two attached hydrogens (primary N) is 1. The summed E-state index contributed by atoms with van der Waals surface area (Å²) in [5.74, 6) is -1.33. The molecule has 0 aliphatic rings. The van der Waals surface area contributed by atoms with Crippen LogP contribution in [0.1, 0.15) is 16.7 Å². The number of primary amides is 1. The van der Waals surface area contributed by atoms with Crippen molar-refractivity contribution in [2.45, 2.75) is 17.9 Å². The number of benzene rings is 2. The van der Waals surface area contributed by atoms with Crippen LogP contribution in [0.5, 0.6) is 0 Å². The van der Waals surface area contributed by atoms with Crippen LogP contribution in [0.4, 0.5) is 0 Å². The van der Waals surface area contributed by atoms with Crippen molar-refractivity contribution in [2.75, 3.05) is 0 Å². The summed E-state index contributed by atoms with van der Waals surface area (Å²) in [7, 11) is -4.48. The number of amides is 1. The molecule has 0 aliphatic heterocycles. The molecule has 0 fully saturated rings. The Balaban J connectivity index is 2.21. The van der Waals surface area contributed by atoms with Gasteiger partial charge in [-0.25, -0.2) is 8.42 Å².